The molecule has 0 saturated heterocycles. The number of pyridine rings is 1. The molecule has 18 heavy (non-hydrogen) atoms. The normalized spacial score (nSPS) is 10.1. The molecule has 0 unspecified atom stereocenters. The quantitative estimate of drug-likeness (QED) is 0.752. The second-order valence-electron chi connectivity index (χ2n) is 3.87. The number of rotatable bonds is 2. The van der Waals surface area contributed by atoms with Crippen LogP contribution in [0.3, 0.4) is 0 Å². The number of carbonyl (C=O) groups excluding carboxylic acids is 1. The molecule has 0 radical (unpaired) electrons. The average molecular weight is 243 g/mol. The van der Waals surface area contributed by atoms with E-state index >= 15 is 0 Å². The lowest BCUT2D eigenvalue weighted by molar-refractivity contribution is 0.102. The Bertz CT molecular complexity index is 597. The Hall–Kier alpha value is -2.56. The lowest BCUT2D eigenvalue weighted by Gasteiger charge is -2.10. The highest BCUT2D eigenvalue weighted by Crippen LogP contribution is 2.22. The molecule has 0 aliphatic rings. The minimum atomic E-state index is -0.318. The number of phenolic OH excluding ortho intramolecular Hbond substituents is 1. The molecular formula is C13H13N3O2. The summed E-state index contributed by atoms with van der Waals surface area (Å²) in [6, 6.07) is 6.41. The molecule has 92 valence electrons. The summed E-state index contributed by atoms with van der Waals surface area (Å²) >= 11 is 0. The number of nitrogens with zero attached hydrogens (tertiary/aromatic N) is 1. The van der Waals surface area contributed by atoms with Crippen molar-refractivity contribution >= 4 is 17.3 Å². The number of aromatic hydroxyl groups is 1. The predicted octanol–water partition coefficient (Wildman–Crippen LogP) is 1.93. The van der Waals surface area contributed by atoms with Crippen LogP contribution in [0, 0.1) is 6.92 Å². The summed E-state index contributed by atoms with van der Waals surface area (Å²) in [6.45, 7) is 1.68. The van der Waals surface area contributed by atoms with Crippen LogP contribution >= 0.6 is 0 Å². The van der Waals surface area contributed by atoms with Crippen molar-refractivity contribution in [2.75, 3.05) is 11.1 Å². The van der Waals surface area contributed by atoms with Gasteiger partial charge in [0, 0.05) is 17.3 Å². The largest absolute Gasteiger partial charge is 0.508 e. The lowest BCUT2D eigenvalue weighted by atomic mass is 10.1. The van der Waals surface area contributed by atoms with Gasteiger partial charge in [-0.25, -0.2) is 0 Å². The molecule has 0 aliphatic heterocycles. The molecule has 0 fully saturated rings. The van der Waals surface area contributed by atoms with Gasteiger partial charge in [-0.1, -0.05) is 6.07 Å². The highest BCUT2D eigenvalue weighted by atomic mass is 16.3. The maximum Gasteiger partial charge on any atom is 0.256 e. The first kappa shape index (κ1) is 11.9. The Balaban J connectivity index is 2.28. The van der Waals surface area contributed by atoms with Crippen LogP contribution in [0.1, 0.15) is 15.9 Å². The SMILES string of the molecule is Cc1c(O)cccc1C(=O)Nc1ccncc1N. The highest BCUT2D eigenvalue weighted by Gasteiger charge is 2.12. The van der Waals surface area contributed by atoms with Crippen LogP contribution in [0.25, 0.3) is 0 Å². The molecule has 0 atom stereocenters. The van der Waals surface area contributed by atoms with Crippen molar-refractivity contribution in [1.29, 1.82) is 0 Å². The number of nitrogens with one attached hydrogen (secondary N) is 1. The van der Waals surface area contributed by atoms with E-state index < -0.39 is 0 Å². The molecule has 2 aromatic rings. The van der Waals surface area contributed by atoms with Gasteiger partial charge in [0.1, 0.15) is 5.75 Å². The first-order chi connectivity index (χ1) is 8.59. The van der Waals surface area contributed by atoms with Gasteiger partial charge < -0.3 is 16.2 Å². The standard InChI is InChI=1S/C13H13N3O2/c1-8-9(3-2-4-12(8)17)13(18)16-11-5-6-15-7-10(11)14/h2-7,17H,14H2,1H3,(H,15,16,18). The van der Waals surface area contributed by atoms with Crippen molar-refractivity contribution in [3.63, 3.8) is 0 Å². The van der Waals surface area contributed by atoms with E-state index in [0.29, 0.717) is 22.5 Å². The van der Waals surface area contributed by atoms with Gasteiger partial charge in [0.15, 0.2) is 0 Å². The number of hydrogen-bond donors (Lipinski definition) is 3. The summed E-state index contributed by atoms with van der Waals surface area (Å²) < 4.78 is 0. The minimum Gasteiger partial charge on any atom is -0.508 e. The lowest BCUT2D eigenvalue weighted by Crippen LogP contribution is -2.14. The maximum absolute atomic E-state index is 12.0. The summed E-state index contributed by atoms with van der Waals surface area (Å²) in [4.78, 5) is 15.9. The minimum absolute atomic E-state index is 0.0883. The molecule has 1 amide bonds. The Kier molecular flexibility index (Phi) is 3.14. The number of phenols is 1. The number of aromatic nitrogens is 1. The van der Waals surface area contributed by atoms with E-state index in [1.54, 1.807) is 31.3 Å². The summed E-state index contributed by atoms with van der Waals surface area (Å²) in [5.41, 5.74) is 7.52. The van der Waals surface area contributed by atoms with E-state index in [4.69, 9.17) is 5.73 Å². The molecule has 4 N–H and O–H groups in total. The molecule has 1 heterocycles. The van der Waals surface area contributed by atoms with E-state index in [2.05, 4.69) is 10.3 Å². The molecule has 5 heteroatoms. The van der Waals surface area contributed by atoms with Gasteiger partial charge in [0.2, 0.25) is 0 Å². The van der Waals surface area contributed by atoms with E-state index in [1.807, 2.05) is 0 Å². The second-order valence-corrected chi connectivity index (χ2v) is 3.87. The van der Waals surface area contributed by atoms with Crippen LogP contribution in [0.2, 0.25) is 0 Å². The Labute approximate surface area is 104 Å². The van der Waals surface area contributed by atoms with Crippen molar-refractivity contribution in [2.24, 2.45) is 0 Å². The number of amides is 1. The first-order valence-electron chi connectivity index (χ1n) is 5.39. The van der Waals surface area contributed by atoms with Crippen LogP contribution in [0.5, 0.6) is 5.75 Å². The number of nitrogen functional groups attached to an aromatic ring is 1. The zero-order valence-electron chi connectivity index (χ0n) is 9.84. The van der Waals surface area contributed by atoms with Crippen LogP contribution in [0.4, 0.5) is 11.4 Å². The smallest absolute Gasteiger partial charge is 0.256 e. The summed E-state index contributed by atoms with van der Waals surface area (Å²) in [6.07, 6.45) is 3.01. The fourth-order valence-electron chi connectivity index (χ4n) is 1.58. The second kappa shape index (κ2) is 4.75. The Morgan fingerprint density at radius 1 is 1.39 bits per heavy atom. The van der Waals surface area contributed by atoms with E-state index in [0.717, 1.165) is 0 Å². The summed E-state index contributed by atoms with van der Waals surface area (Å²) in [5, 5.41) is 12.2. The predicted molar refractivity (Wildman–Crippen MR) is 69.4 cm³/mol. The van der Waals surface area contributed by atoms with Crippen molar-refractivity contribution in [3.05, 3.63) is 47.8 Å². The average Bonchev–Trinajstić information content (AvgIpc) is 2.35. The number of nitrogens with two attached hydrogens (primary N) is 1. The van der Waals surface area contributed by atoms with Gasteiger partial charge >= 0.3 is 0 Å². The number of carbonyl (C=O) groups is 1. The van der Waals surface area contributed by atoms with Gasteiger partial charge in [-0.3, -0.25) is 9.78 Å². The van der Waals surface area contributed by atoms with Gasteiger partial charge in [0.25, 0.3) is 5.91 Å². The van der Waals surface area contributed by atoms with Gasteiger partial charge in [-0.2, -0.15) is 0 Å². The van der Waals surface area contributed by atoms with Gasteiger partial charge in [-0.15, -0.1) is 0 Å². The fraction of sp³-hybridized carbons (Fsp3) is 0.0769. The molecule has 0 aliphatic carbocycles. The third kappa shape index (κ3) is 2.24. The summed E-state index contributed by atoms with van der Waals surface area (Å²) in [7, 11) is 0. The molecule has 5 nitrogen and oxygen atoms in total. The van der Waals surface area contributed by atoms with Crippen LogP contribution < -0.4 is 11.1 Å². The molecular weight excluding hydrogens is 230 g/mol. The van der Waals surface area contributed by atoms with E-state index in [1.165, 1.54) is 12.3 Å². The topological polar surface area (TPSA) is 88.2 Å². The first-order valence-corrected chi connectivity index (χ1v) is 5.39. The zero-order chi connectivity index (χ0) is 13.1. The van der Waals surface area contributed by atoms with E-state index in [-0.39, 0.29) is 11.7 Å². The molecule has 0 saturated carbocycles. The maximum atomic E-state index is 12.0. The molecule has 1 aromatic heterocycles. The van der Waals surface area contributed by atoms with Gasteiger partial charge in [0.05, 0.1) is 17.6 Å². The number of benzene rings is 1. The fourth-order valence-corrected chi connectivity index (χ4v) is 1.58. The number of hydrogen-bond acceptors (Lipinski definition) is 4. The molecule has 0 spiro atoms. The Morgan fingerprint density at radius 3 is 2.89 bits per heavy atom. The van der Waals surface area contributed by atoms with Crippen molar-refractivity contribution in [3.8, 4) is 5.75 Å². The Morgan fingerprint density at radius 2 is 2.17 bits per heavy atom. The van der Waals surface area contributed by atoms with Crippen LogP contribution in [0.15, 0.2) is 36.7 Å². The highest BCUT2D eigenvalue weighted by molar-refractivity contribution is 6.06. The van der Waals surface area contributed by atoms with Crippen molar-refractivity contribution < 1.29 is 9.90 Å². The molecule has 0 bridgehead atoms. The van der Waals surface area contributed by atoms with Crippen LogP contribution in [-0.2, 0) is 0 Å². The third-order valence-corrected chi connectivity index (χ3v) is 2.65. The van der Waals surface area contributed by atoms with Crippen LogP contribution in [-0.4, -0.2) is 16.0 Å². The third-order valence-electron chi connectivity index (χ3n) is 2.65. The zero-order valence-corrected chi connectivity index (χ0v) is 9.84. The molecule has 2 rings (SSSR count). The summed E-state index contributed by atoms with van der Waals surface area (Å²) in [5.74, 6) is -0.230. The monoisotopic (exact) mass is 243 g/mol. The van der Waals surface area contributed by atoms with Crippen molar-refractivity contribution in [2.45, 2.75) is 6.92 Å². The van der Waals surface area contributed by atoms with Crippen molar-refractivity contribution in [1.82, 2.24) is 4.98 Å². The number of anilines is 2. The molecule has 1 aromatic carbocycles. The van der Waals surface area contributed by atoms with Gasteiger partial charge in [-0.05, 0) is 25.1 Å². The van der Waals surface area contributed by atoms with E-state index in [9.17, 15) is 9.90 Å².